The van der Waals surface area contributed by atoms with E-state index in [4.69, 9.17) is 5.73 Å². The number of nitrogens with zero attached hydrogens (tertiary/aromatic N) is 3. The quantitative estimate of drug-likeness (QED) is 0.841. The first kappa shape index (κ1) is 19.6. The second-order valence-corrected chi connectivity index (χ2v) is 8.98. The molecular formula is C22H30N4OS. The second kappa shape index (κ2) is 8.72. The number of nitrogens with two attached hydrogens (primary N) is 1. The Balaban J connectivity index is 1.42. The van der Waals surface area contributed by atoms with E-state index in [2.05, 4.69) is 34.3 Å². The van der Waals surface area contributed by atoms with Crippen molar-refractivity contribution in [2.24, 2.45) is 11.7 Å². The number of likely N-dealkylation sites (tertiary alicyclic amines) is 1. The molecule has 0 aromatic carbocycles. The van der Waals surface area contributed by atoms with Crippen LogP contribution in [0.15, 0.2) is 23.7 Å². The monoisotopic (exact) mass is 398 g/mol. The lowest BCUT2D eigenvalue weighted by atomic mass is 9.96. The third-order valence-electron chi connectivity index (χ3n) is 6.08. The van der Waals surface area contributed by atoms with E-state index in [1.54, 1.807) is 11.3 Å². The van der Waals surface area contributed by atoms with Gasteiger partial charge < -0.3 is 10.6 Å². The van der Waals surface area contributed by atoms with Crippen LogP contribution < -0.4 is 5.73 Å². The molecular weight excluding hydrogens is 368 g/mol. The number of rotatable bonds is 5. The fourth-order valence-corrected chi connectivity index (χ4v) is 5.41. The number of hydrogen-bond donors (Lipinski definition) is 1. The molecule has 5 nitrogen and oxygen atoms in total. The van der Waals surface area contributed by atoms with Crippen molar-refractivity contribution < 1.29 is 4.79 Å². The van der Waals surface area contributed by atoms with Gasteiger partial charge in [-0.15, -0.1) is 11.3 Å². The maximum Gasteiger partial charge on any atom is 0.254 e. The summed E-state index contributed by atoms with van der Waals surface area (Å²) in [7, 11) is 0. The first-order valence-electron chi connectivity index (χ1n) is 10.4. The van der Waals surface area contributed by atoms with Crippen molar-refractivity contribution in [2.45, 2.75) is 45.7 Å². The van der Waals surface area contributed by atoms with Gasteiger partial charge in [0, 0.05) is 49.2 Å². The number of fused-ring (bicyclic) bond motifs is 1. The summed E-state index contributed by atoms with van der Waals surface area (Å²) in [5.41, 5.74) is 10.4. The van der Waals surface area contributed by atoms with Gasteiger partial charge in [-0.2, -0.15) is 0 Å². The Kier molecular flexibility index (Phi) is 6.09. The molecule has 0 spiro atoms. The van der Waals surface area contributed by atoms with Crippen LogP contribution >= 0.6 is 11.3 Å². The van der Waals surface area contributed by atoms with Crippen LogP contribution in [-0.2, 0) is 25.9 Å². The molecule has 1 amide bonds. The highest BCUT2D eigenvalue weighted by Crippen LogP contribution is 2.31. The van der Waals surface area contributed by atoms with Crippen molar-refractivity contribution in [3.8, 4) is 0 Å². The molecule has 0 aliphatic carbocycles. The van der Waals surface area contributed by atoms with E-state index < -0.39 is 0 Å². The number of piperidine rings is 1. The predicted octanol–water partition coefficient (Wildman–Crippen LogP) is 3.07. The van der Waals surface area contributed by atoms with Crippen molar-refractivity contribution in [3.05, 3.63) is 51.0 Å². The Bertz CT molecular complexity index is 816. The standard InChI is InChI=1S/C22H30N4OS/c1-2-16-5-6-18(24-11-16)13-25-9-7-19-20(15-28-21(19)14-25)22(27)26-8-3-4-17(10-23)12-26/h5-6,11,15,17H,2-4,7-10,12-14,23H2,1H3. The zero-order valence-electron chi connectivity index (χ0n) is 16.7. The van der Waals surface area contributed by atoms with Crippen molar-refractivity contribution in [1.82, 2.24) is 14.8 Å². The Morgan fingerprint density at radius 1 is 1.36 bits per heavy atom. The van der Waals surface area contributed by atoms with E-state index in [0.717, 1.165) is 69.7 Å². The minimum atomic E-state index is 0.209. The lowest BCUT2D eigenvalue weighted by Crippen LogP contribution is -2.42. The number of carbonyl (C=O) groups is 1. The Morgan fingerprint density at radius 3 is 3.00 bits per heavy atom. The number of aryl methyl sites for hydroxylation is 1. The summed E-state index contributed by atoms with van der Waals surface area (Å²) in [6, 6.07) is 4.31. The summed E-state index contributed by atoms with van der Waals surface area (Å²) in [6.45, 7) is 7.26. The van der Waals surface area contributed by atoms with Crippen LogP contribution in [0.3, 0.4) is 0 Å². The van der Waals surface area contributed by atoms with Crippen LogP contribution in [0.5, 0.6) is 0 Å². The second-order valence-electron chi connectivity index (χ2n) is 8.02. The molecule has 2 N–H and O–H groups in total. The van der Waals surface area contributed by atoms with Gasteiger partial charge in [0.2, 0.25) is 0 Å². The summed E-state index contributed by atoms with van der Waals surface area (Å²) in [5, 5.41) is 2.08. The summed E-state index contributed by atoms with van der Waals surface area (Å²) in [4.78, 5) is 23.5. The smallest absolute Gasteiger partial charge is 0.254 e. The average molecular weight is 399 g/mol. The van der Waals surface area contributed by atoms with Crippen LogP contribution in [0.25, 0.3) is 0 Å². The fraction of sp³-hybridized carbons (Fsp3) is 0.545. The van der Waals surface area contributed by atoms with Gasteiger partial charge in [-0.05, 0) is 55.3 Å². The summed E-state index contributed by atoms with van der Waals surface area (Å²) in [6.07, 6.45) is 6.16. The number of aromatic nitrogens is 1. The van der Waals surface area contributed by atoms with E-state index in [1.165, 1.54) is 16.0 Å². The van der Waals surface area contributed by atoms with Gasteiger partial charge in [0.25, 0.3) is 5.91 Å². The highest BCUT2D eigenvalue weighted by molar-refractivity contribution is 7.10. The molecule has 1 fully saturated rings. The zero-order valence-corrected chi connectivity index (χ0v) is 17.5. The molecule has 2 aliphatic rings. The number of thiophene rings is 1. The van der Waals surface area contributed by atoms with E-state index in [1.807, 2.05) is 11.1 Å². The highest BCUT2D eigenvalue weighted by Gasteiger charge is 2.29. The lowest BCUT2D eigenvalue weighted by molar-refractivity contribution is 0.0677. The molecule has 28 heavy (non-hydrogen) atoms. The van der Waals surface area contributed by atoms with E-state index in [9.17, 15) is 4.79 Å². The van der Waals surface area contributed by atoms with E-state index >= 15 is 0 Å². The molecule has 1 unspecified atom stereocenters. The minimum absolute atomic E-state index is 0.209. The zero-order chi connectivity index (χ0) is 19.5. The average Bonchev–Trinajstić information content (AvgIpc) is 3.17. The van der Waals surface area contributed by atoms with Crippen molar-refractivity contribution in [2.75, 3.05) is 26.2 Å². The lowest BCUT2D eigenvalue weighted by Gasteiger charge is -2.33. The number of hydrogen-bond acceptors (Lipinski definition) is 5. The summed E-state index contributed by atoms with van der Waals surface area (Å²) < 4.78 is 0. The normalized spacial score (nSPS) is 20.2. The van der Waals surface area contributed by atoms with Crippen molar-refractivity contribution in [1.29, 1.82) is 0 Å². The number of pyridine rings is 1. The van der Waals surface area contributed by atoms with Crippen molar-refractivity contribution in [3.63, 3.8) is 0 Å². The van der Waals surface area contributed by atoms with Crippen molar-refractivity contribution >= 4 is 17.2 Å². The third-order valence-corrected chi connectivity index (χ3v) is 7.09. The molecule has 2 aliphatic heterocycles. The topological polar surface area (TPSA) is 62.5 Å². The first-order chi connectivity index (χ1) is 13.7. The Hall–Kier alpha value is -1.76. The molecule has 2 aromatic heterocycles. The highest BCUT2D eigenvalue weighted by atomic mass is 32.1. The van der Waals surface area contributed by atoms with E-state index in [0.29, 0.717) is 12.5 Å². The van der Waals surface area contributed by atoms with Gasteiger partial charge in [0.05, 0.1) is 11.3 Å². The molecule has 6 heteroatoms. The van der Waals surface area contributed by atoms with Gasteiger partial charge in [-0.25, -0.2) is 0 Å². The number of carbonyl (C=O) groups excluding carboxylic acids is 1. The van der Waals surface area contributed by atoms with Crippen LogP contribution in [0.4, 0.5) is 0 Å². The molecule has 1 saturated heterocycles. The SMILES string of the molecule is CCc1ccc(CN2CCc3c(C(=O)N4CCCC(CN)C4)csc3C2)nc1. The van der Waals surface area contributed by atoms with Crippen LogP contribution in [0, 0.1) is 5.92 Å². The molecule has 4 heterocycles. The first-order valence-corrected chi connectivity index (χ1v) is 11.3. The van der Waals surface area contributed by atoms with Crippen LogP contribution in [0.2, 0.25) is 0 Å². The molecule has 0 radical (unpaired) electrons. The largest absolute Gasteiger partial charge is 0.338 e. The molecule has 4 rings (SSSR count). The molecule has 1 atom stereocenters. The molecule has 150 valence electrons. The van der Waals surface area contributed by atoms with Crippen LogP contribution in [0.1, 0.15) is 51.8 Å². The molecule has 0 saturated carbocycles. The Labute approximate surface area is 171 Å². The minimum Gasteiger partial charge on any atom is -0.338 e. The molecule has 2 aromatic rings. The summed E-state index contributed by atoms with van der Waals surface area (Å²) >= 11 is 1.74. The van der Waals surface area contributed by atoms with Gasteiger partial charge in [-0.3, -0.25) is 14.7 Å². The summed E-state index contributed by atoms with van der Waals surface area (Å²) in [5.74, 6) is 0.662. The predicted molar refractivity (Wildman–Crippen MR) is 113 cm³/mol. The van der Waals surface area contributed by atoms with E-state index in [-0.39, 0.29) is 5.91 Å². The fourth-order valence-electron chi connectivity index (χ4n) is 4.29. The Morgan fingerprint density at radius 2 is 2.25 bits per heavy atom. The van der Waals surface area contributed by atoms with Gasteiger partial charge in [0.15, 0.2) is 0 Å². The van der Waals surface area contributed by atoms with Crippen LogP contribution in [-0.4, -0.2) is 46.9 Å². The van der Waals surface area contributed by atoms with Gasteiger partial charge in [-0.1, -0.05) is 13.0 Å². The van der Waals surface area contributed by atoms with Gasteiger partial charge >= 0.3 is 0 Å². The van der Waals surface area contributed by atoms with Gasteiger partial charge in [0.1, 0.15) is 0 Å². The maximum atomic E-state index is 13.1. The third kappa shape index (κ3) is 4.14. The number of amides is 1. The maximum absolute atomic E-state index is 13.1. The molecule has 0 bridgehead atoms.